The van der Waals surface area contributed by atoms with Crippen molar-refractivity contribution in [1.29, 1.82) is 0 Å². The van der Waals surface area contributed by atoms with Crippen LogP contribution in [0.15, 0.2) is 23.2 Å². The molecule has 1 aromatic rings. The largest absolute Gasteiger partial charge is 0.380 e. The van der Waals surface area contributed by atoms with Crippen LogP contribution < -0.4 is 16.0 Å². The number of carbonyl (C=O) groups excluding carboxylic acids is 1. The Morgan fingerprint density at radius 1 is 1.23 bits per heavy atom. The number of aliphatic imine (C=N–C) groups is 1. The Bertz CT molecular complexity index is 552. The van der Waals surface area contributed by atoms with E-state index < -0.39 is 0 Å². The summed E-state index contributed by atoms with van der Waals surface area (Å²) in [5.74, 6) is 1.81. The lowest BCUT2D eigenvalue weighted by Gasteiger charge is -2.12. The lowest BCUT2D eigenvalue weighted by molar-refractivity contribution is -0.116. The van der Waals surface area contributed by atoms with Gasteiger partial charge in [0.25, 0.3) is 0 Å². The first-order valence-corrected chi connectivity index (χ1v) is 8.77. The van der Waals surface area contributed by atoms with E-state index >= 15 is 0 Å². The van der Waals surface area contributed by atoms with Gasteiger partial charge in [-0.1, -0.05) is 19.9 Å². The van der Waals surface area contributed by atoms with Crippen molar-refractivity contribution in [1.82, 2.24) is 15.6 Å². The van der Waals surface area contributed by atoms with Crippen LogP contribution in [0.4, 0.5) is 5.82 Å². The van der Waals surface area contributed by atoms with Gasteiger partial charge in [0.15, 0.2) is 5.96 Å². The smallest absolute Gasteiger partial charge is 0.227 e. The number of nitrogens with zero attached hydrogens (tertiary/aromatic N) is 2. The topological polar surface area (TPSA) is 87.6 Å². The lowest BCUT2D eigenvalue weighted by atomic mass is 10.1. The van der Waals surface area contributed by atoms with E-state index in [1.165, 1.54) is 0 Å². The van der Waals surface area contributed by atoms with Gasteiger partial charge < -0.3 is 20.7 Å². The van der Waals surface area contributed by atoms with Crippen LogP contribution in [0.1, 0.15) is 32.4 Å². The Morgan fingerprint density at radius 3 is 2.62 bits per heavy atom. The minimum atomic E-state index is -0.0851. The average molecular weight is 477 g/mol. The second-order valence-corrected chi connectivity index (χ2v) is 6.18. The average Bonchev–Trinajstić information content (AvgIpc) is 2.56. The molecule has 0 saturated heterocycles. The van der Waals surface area contributed by atoms with Gasteiger partial charge in [0.05, 0.1) is 6.61 Å². The summed E-state index contributed by atoms with van der Waals surface area (Å²) in [6, 6.07) is 5.53. The number of amides is 1. The Kier molecular flexibility index (Phi) is 13.9. The van der Waals surface area contributed by atoms with Crippen molar-refractivity contribution in [2.45, 2.75) is 33.6 Å². The third-order valence-electron chi connectivity index (χ3n) is 3.40. The van der Waals surface area contributed by atoms with Crippen LogP contribution in [0, 0.1) is 12.8 Å². The summed E-state index contributed by atoms with van der Waals surface area (Å²) >= 11 is 0. The van der Waals surface area contributed by atoms with Crippen molar-refractivity contribution < 1.29 is 9.53 Å². The van der Waals surface area contributed by atoms with Gasteiger partial charge in [-0.15, -0.1) is 24.0 Å². The first kappa shape index (κ1) is 24.6. The number of aryl methyl sites for hydroxylation is 1. The van der Waals surface area contributed by atoms with Crippen LogP contribution in [0.3, 0.4) is 0 Å². The standard InChI is InChI=1S/C18H31N5O2.HI/c1-14(2)9-12-25-13-11-21-18(19-4)20-10-8-17(24)23-16-7-5-6-15(3)22-16;/h5-7,14H,8-13H2,1-4H3,(H2,19,20,21)(H,22,23,24);1H. The molecule has 0 aliphatic carbocycles. The van der Waals surface area contributed by atoms with Gasteiger partial charge in [0, 0.05) is 38.9 Å². The van der Waals surface area contributed by atoms with Gasteiger partial charge >= 0.3 is 0 Å². The molecular weight excluding hydrogens is 445 g/mol. The molecular formula is C18H32IN5O2. The quantitative estimate of drug-likeness (QED) is 0.209. The maximum Gasteiger partial charge on any atom is 0.227 e. The summed E-state index contributed by atoms with van der Waals surface area (Å²) in [5.41, 5.74) is 0.871. The van der Waals surface area contributed by atoms with E-state index in [2.05, 4.69) is 39.8 Å². The van der Waals surface area contributed by atoms with E-state index in [1.807, 2.05) is 19.1 Å². The lowest BCUT2D eigenvalue weighted by Crippen LogP contribution is -2.40. The third-order valence-corrected chi connectivity index (χ3v) is 3.40. The molecule has 1 heterocycles. The first-order valence-electron chi connectivity index (χ1n) is 8.77. The molecule has 1 amide bonds. The molecule has 8 heteroatoms. The Morgan fingerprint density at radius 2 is 1.96 bits per heavy atom. The van der Waals surface area contributed by atoms with Crippen LogP contribution in [0.2, 0.25) is 0 Å². The van der Waals surface area contributed by atoms with E-state index in [4.69, 9.17) is 4.74 Å². The fraction of sp³-hybridized carbons (Fsp3) is 0.611. The number of guanidine groups is 1. The molecule has 1 aromatic heterocycles. The van der Waals surface area contributed by atoms with Gasteiger partial charge in [-0.2, -0.15) is 0 Å². The van der Waals surface area contributed by atoms with Gasteiger partial charge in [0.2, 0.25) is 5.91 Å². The first-order chi connectivity index (χ1) is 12.0. The summed E-state index contributed by atoms with van der Waals surface area (Å²) in [4.78, 5) is 20.3. The fourth-order valence-corrected chi connectivity index (χ4v) is 2.00. The number of hydrogen-bond donors (Lipinski definition) is 3. The molecule has 0 atom stereocenters. The molecule has 0 saturated carbocycles. The van der Waals surface area contributed by atoms with Crippen LogP contribution in [-0.4, -0.2) is 50.2 Å². The maximum absolute atomic E-state index is 11.9. The highest BCUT2D eigenvalue weighted by Crippen LogP contribution is 2.03. The zero-order chi connectivity index (χ0) is 18.5. The van der Waals surface area contributed by atoms with Gasteiger partial charge in [-0.3, -0.25) is 9.79 Å². The summed E-state index contributed by atoms with van der Waals surface area (Å²) < 4.78 is 5.54. The number of anilines is 1. The highest BCUT2D eigenvalue weighted by molar-refractivity contribution is 14.0. The molecule has 0 aliphatic rings. The zero-order valence-corrected chi connectivity index (χ0v) is 18.5. The predicted octanol–water partition coefficient (Wildman–Crippen LogP) is 2.56. The Hall–Kier alpha value is -1.42. The highest BCUT2D eigenvalue weighted by atomic mass is 127. The number of halogens is 1. The number of pyridine rings is 1. The monoisotopic (exact) mass is 477 g/mol. The van der Waals surface area contributed by atoms with Crippen molar-refractivity contribution in [3.05, 3.63) is 23.9 Å². The molecule has 0 radical (unpaired) electrons. The number of carbonyl (C=O) groups is 1. The van der Waals surface area contributed by atoms with Crippen molar-refractivity contribution in [3.8, 4) is 0 Å². The Labute approximate surface area is 173 Å². The number of hydrogen-bond acceptors (Lipinski definition) is 4. The Balaban J connectivity index is 0.00000625. The second kappa shape index (κ2) is 14.7. The van der Waals surface area contributed by atoms with E-state index in [1.54, 1.807) is 13.1 Å². The molecule has 7 nitrogen and oxygen atoms in total. The molecule has 0 aromatic carbocycles. The van der Waals surface area contributed by atoms with Crippen molar-refractivity contribution in [3.63, 3.8) is 0 Å². The SMILES string of the molecule is CN=C(NCCOCCC(C)C)NCCC(=O)Nc1cccc(C)n1.I. The van der Waals surface area contributed by atoms with Crippen molar-refractivity contribution in [2.24, 2.45) is 10.9 Å². The number of ether oxygens (including phenoxy) is 1. The summed E-state index contributed by atoms with van der Waals surface area (Å²) in [5, 5.41) is 9.05. The molecule has 0 unspecified atom stereocenters. The van der Waals surface area contributed by atoms with E-state index in [0.29, 0.717) is 43.8 Å². The fourth-order valence-electron chi connectivity index (χ4n) is 2.00. The molecule has 0 spiro atoms. The summed E-state index contributed by atoms with van der Waals surface area (Å²) in [6.07, 6.45) is 1.40. The second-order valence-electron chi connectivity index (χ2n) is 6.18. The van der Waals surface area contributed by atoms with Gasteiger partial charge in [-0.25, -0.2) is 4.98 Å². The summed E-state index contributed by atoms with van der Waals surface area (Å²) in [6.45, 7) is 8.82. The van der Waals surface area contributed by atoms with Crippen molar-refractivity contribution >= 4 is 41.7 Å². The van der Waals surface area contributed by atoms with E-state index in [-0.39, 0.29) is 29.9 Å². The molecule has 26 heavy (non-hydrogen) atoms. The highest BCUT2D eigenvalue weighted by Gasteiger charge is 2.04. The minimum Gasteiger partial charge on any atom is -0.380 e. The van der Waals surface area contributed by atoms with Crippen LogP contribution in [-0.2, 0) is 9.53 Å². The molecule has 0 aliphatic heterocycles. The third kappa shape index (κ3) is 12.0. The van der Waals surface area contributed by atoms with Gasteiger partial charge in [0.1, 0.15) is 5.82 Å². The molecule has 3 N–H and O–H groups in total. The minimum absolute atomic E-state index is 0. The van der Waals surface area contributed by atoms with Crippen LogP contribution in [0.25, 0.3) is 0 Å². The van der Waals surface area contributed by atoms with Crippen LogP contribution in [0.5, 0.6) is 0 Å². The van der Waals surface area contributed by atoms with Gasteiger partial charge in [-0.05, 0) is 31.4 Å². The van der Waals surface area contributed by atoms with E-state index in [9.17, 15) is 4.79 Å². The maximum atomic E-state index is 11.9. The normalized spacial score (nSPS) is 11.0. The molecule has 0 bridgehead atoms. The zero-order valence-electron chi connectivity index (χ0n) is 16.2. The predicted molar refractivity (Wildman–Crippen MR) is 117 cm³/mol. The van der Waals surface area contributed by atoms with Crippen molar-refractivity contribution in [2.75, 3.05) is 38.7 Å². The summed E-state index contributed by atoms with van der Waals surface area (Å²) in [7, 11) is 1.70. The molecule has 0 fully saturated rings. The molecule has 148 valence electrons. The van der Waals surface area contributed by atoms with E-state index in [0.717, 1.165) is 18.7 Å². The number of rotatable bonds is 10. The number of aromatic nitrogens is 1. The number of nitrogens with one attached hydrogen (secondary N) is 3. The van der Waals surface area contributed by atoms with Crippen LogP contribution >= 0.6 is 24.0 Å². The molecule has 1 rings (SSSR count).